The molecule has 2 rings (SSSR count). The first-order valence-electron chi connectivity index (χ1n) is 6.38. The topological polar surface area (TPSA) is 32.7 Å². The molecule has 0 amide bonds. The van der Waals surface area contributed by atoms with Crippen LogP contribution in [0.25, 0.3) is 0 Å². The van der Waals surface area contributed by atoms with Crippen LogP contribution >= 0.6 is 0 Å². The van der Waals surface area contributed by atoms with Gasteiger partial charge in [-0.3, -0.25) is 0 Å². The van der Waals surface area contributed by atoms with Crippen LogP contribution in [-0.2, 0) is 0 Å². The Morgan fingerprint density at radius 2 is 1.89 bits per heavy atom. The largest absolute Gasteiger partial charge is 0.491 e. The molecule has 4 heteroatoms. The molecule has 1 aliphatic heterocycles. The number of nitrogens with zero attached hydrogens (tertiary/aromatic N) is 1. The Balaban J connectivity index is 1.82. The van der Waals surface area contributed by atoms with Crippen LogP contribution in [-0.4, -0.2) is 41.8 Å². The monoisotopic (exact) mass is 253 g/mol. The second kappa shape index (κ2) is 5.67. The minimum Gasteiger partial charge on any atom is -0.491 e. The highest BCUT2D eigenvalue weighted by Gasteiger charge is 2.26. The smallest absolute Gasteiger partial charge is 0.123 e. The van der Waals surface area contributed by atoms with Crippen molar-refractivity contribution in [2.75, 3.05) is 26.2 Å². The molecule has 100 valence electrons. The van der Waals surface area contributed by atoms with E-state index in [4.69, 9.17) is 4.74 Å². The third-order valence-electron chi connectivity index (χ3n) is 3.13. The third kappa shape index (κ3) is 3.96. The number of hydrogen-bond acceptors (Lipinski definition) is 3. The molecule has 1 saturated heterocycles. The van der Waals surface area contributed by atoms with Crippen molar-refractivity contribution in [3.05, 3.63) is 30.1 Å². The van der Waals surface area contributed by atoms with Crippen LogP contribution in [0, 0.1) is 5.82 Å². The second-order valence-electron chi connectivity index (χ2n) is 5.22. The predicted octanol–water partition coefficient (Wildman–Crippen LogP) is 2.05. The average molecular weight is 253 g/mol. The summed E-state index contributed by atoms with van der Waals surface area (Å²) in [4.78, 5) is 2.24. The van der Waals surface area contributed by atoms with Crippen molar-refractivity contribution < 1.29 is 14.2 Å². The summed E-state index contributed by atoms with van der Waals surface area (Å²) in [6, 6.07) is 5.84. The van der Waals surface area contributed by atoms with Crippen LogP contribution in [0.2, 0.25) is 0 Å². The maximum atomic E-state index is 12.7. The summed E-state index contributed by atoms with van der Waals surface area (Å²) in [5, 5.41) is 10.3. The fraction of sp³-hybridized carbons (Fsp3) is 0.571. The summed E-state index contributed by atoms with van der Waals surface area (Å²) < 4.78 is 18.2. The molecule has 1 fully saturated rings. The summed E-state index contributed by atoms with van der Waals surface area (Å²) in [6.07, 6.45) is 2.41. The van der Waals surface area contributed by atoms with Gasteiger partial charge in [0, 0.05) is 6.54 Å². The molecule has 1 aromatic rings. The zero-order valence-electron chi connectivity index (χ0n) is 10.7. The van der Waals surface area contributed by atoms with Crippen molar-refractivity contribution in [2.24, 2.45) is 0 Å². The number of ether oxygens (including phenoxy) is 1. The molecule has 0 bridgehead atoms. The van der Waals surface area contributed by atoms with Gasteiger partial charge < -0.3 is 14.7 Å². The molecule has 0 unspecified atom stereocenters. The van der Waals surface area contributed by atoms with Crippen molar-refractivity contribution in [1.29, 1.82) is 0 Å². The number of halogens is 1. The van der Waals surface area contributed by atoms with Crippen LogP contribution in [0.4, 0.5) is 4.39 Å². The molecule has 0 saturated carbocycles. The highest BCUT2D eigenvalue weighted by Crippen LogP contribution is 2.16. The van der Waals surface area contributed by atoms with Crippen molar-refractivity contribution in [3.8, 4) is 5.75 Å². The number of likely N-dealkylation sites (tertiary alicyclic amines) is 1. The lowest BCUT2D eigenvalue weighted by molar-refractivity contribution is -0.0127. The third-order valence-corrected chi connectivity index (χ3v) is 3.13. The van der Waals surface area contributed by atoms with E-state index in [1.54, 1.807) is 19.1 Å². The number of hydrogen-bond donors (Lipinski definition) is 1. The lowest BCUT2D eigenvalue weighted by Gasteiger charge is -2.28. The maximum absolute atomic E-state index is 12.7. The van der Waals surface area contributed by atoms with Gasteiger partial charge in [0.2, 0.25) is 0 Å². The van der Waals surface area contributed by atoms with E-state index < -0.39 is 5.60 Å². The maximum Gasteiger partial charge on any atom is 0.123 e. The van der Waals surface area contributed by atoms with Crippen LogP contribution in [0.1, 0.15) is 19.8 Å². The first kappa shape index (κ1) is 13.3. The van der Waals surface area contributed by atoms with E-state index in [2.05, 4.69) is 4.90 Å². The molecule has 18 heavy (non-hydrogen) atoms. The van der Waals surface area contributed by atoms with Gasteiger partial charge in [-0.05, 0) is 57.1 Å². The molecule has 0 aliphatic carbocycles. The Hall–Kier alpha value is -1.13. The molecule has 1 aromatic carbocycles. The van der Waals surface area contributed by atoms with Crippen LogP contribution < -0.4 is 4.74 Å². The quantitative estimate of drug-likeness (QED) is 0.871. The predicted molar refractivity (Wildman–Crippen MR) is 68.2 cm³/mol. The fourth-order valence-corrected chi connectivity index (χ4v) is 2.24. The van der Waals surface area contributed by atoms with E-state index in [1.807, 2.05) is 0 Å². The zero-order valence-corrected chi connectivity index (χ0v) is 10.7. The zero-order chi connectivity index (χ0) is 13.0. The van der Waals surface area contributed by atoms with E-state index in [-0.39, 0.29) is 12.4 Å². The van der Waals surface area contributed by atoms with Crippen molar-refractivity contribution in [2.45, 2.75) is 25.4 Å². The Bertz CT molecular complexity index is 372. The van der Waals surface area contributed by atoms with Gasteiger partial charge in [0.15, 0.2) is 0 Å². The molecule has 3 nitrogen and oxygen atoms in total. The Morgan fingerprint density at radius 1 is 1.28 bits per heavy atom. The number of benzene rings is 1. The summed E-state index contributed by atoms with van der Waals surface area (Å²) in [7, 11) is 0. The molecule has 1 atom stereocenters. The summed E-state index contributed by atoms with van der Waals surface area (Å²) in [5.74, 6) is 0.296. The SMILES string of the molecule is C[C@](O)(COc1ccc(F)cc1)CN1CCCC1. The second-order valence-corrected chi connectivity index (χ2v) is 5.22. The molecule has 0 radical (unpaired) electrons. The van der Waals surface area contributed by atoms with Gasteiger partial charge in [-0.25, -0.2) is 4.39 Å². The molecular weight excluding hydrogens is 233 g/mol. The minimum atomic E-state index is -0.876. The van der Waals surface area contributed by atoms with Gasteiger partial charge in [-0.1, -0.05) is 0 Å². The molecule has 1 aliphatic rings. The highest BCUT2D eigenvalue weighted by atomic mass is 19.1. The lowest BCUT2D eigenvalue weighted by atomic mass is 10.1. The number of rotatable bonds is 5. The molecule has 1 N–H and O–H groups in total. The number of β-amino-alcohol motifs (C(OH)–C–C–N with tert-alkyl or cyclic N) is 1. The van der Waals surface area contributed by atoms with Crippen LogP contribution in [0.3, 0.4) is 0 Å². The van der Waals surface area contributed by atoms with Gasteiger partial charge in [0.25, 0.3) is 0 Å². The van der Waals surface area contributed by atoms with Crippen LogP contribution in [0.15, 0.2) is 24.3 Å². The standard InChI is InChI=1S/C14H20FNO2/c1-14(17,10-16-8-2-3-9-16)11-18-13-6-4-12(15)5-7-13/h4-7,17H,2-3,8-11H2,1H3/t14-/m1/s1. The number of aliphatic hydroxyl groups is 1. The molecule has 0 spiro atoms. The highest BCUT2D eigenvalue weighted by molar-refractivity contribution is 5.22. The van der Waals surface area contributed by atoms with Gasteiger partial charge >= 0.3 is 0 Å². The van der Waals surface area contributed by atoms with E-state index >= 15 is 0 Å². The van der Waals surface area contributed by atoms with Crippen LogP contribution in [0.5, 0.6) is 5.75 Å². The van der Waals surface area contributed by atoms with E-state index in [0.717, 1.165) is 13.1 Å². The van der Waals surface area contributed by atoms with Gasteiger partial charge in [0.1, 0.15) is 23.8 Å². The van der Waals surface area contributed by atoms with Gasteiger partial charge in [-0.2, -0.15) is 0 Å². The molecule has 0 aromatic heterocycles. The fourth-order valence-electron chi connectivity index (χ4n) is 2.24. The van der Waals surface area contributed by atoms with E-state index in [1.165, 1.54) is 25.0 Å². The average Bonchev–Trinajstić information content (AvgIpc) is 2.80. The Morgan fingerprint density at radius 3 is 2.50 bits per heavy atom. The summed E-state index contributed by atoms with van der Waals surface area (Å²) >= 11 is 0. The first-order chi connectivity index (χ1) is 8.55. The van der Waals surface area contributed by atoms with E-state index in [0.29, 0.717) is 12.3 Å². The van der Waals surface area contributed by atoms with Crippen molar-refractivity contribution >= 4 is 0 Å². The molecule has 1 heterocycles. The van der Waals surface area contributed by atoms with Crippen molar-refractivity contribution in [3.63, 3.8) is 0 Å². The lowest BCUT2D eigenvalue weighted by Crippen LogP contribution is -2.44. The van der Waals surface area contributed by atoms with Gasteiger partial charge in [0.05, 0.1) is 0 Å². The summed E-state index contributed by atoms with van der Waals surface area (Å²) in [6.45, 7) is 4.71. The summed E-state index contributed by atoms with van der Waals surface area (Å²) in [5.41, 5.74) is -0.876. The Labute approximate surface area is 107 Å². The van der Waals surface area contributed by atoms with Gasteiger partial charge in [-0.15, -0.1) is 0 Å². The Kier molecular flexibility index (Phi) is 4.19. The van der Waals surface area contributed by atoms with E-state index in [9.17, 15) is 9.50 Å². The first-order valence-corrected chi connectivity index (χ1v) is 6.38. The van der Waals surface area contributed by atoms with Crippen molar-refractivity contribution in [1.82, 2.24) is 4.90 Å². The minimum absolute atomic E-state index is 0.217. The normalized spacial score (nSPS) is 19.7. The molecular formula is C14H20FNO2.